The van der Waals surface area contributed by atoms with Gasteiger partial charge in [0.05, 0.1) is 13.2 Å². The molecule has 6 heteroatoms. The minimum atomic E-state index is -0.790. The van der Waals surface area contributed by atoms with Crippen LogP contribution < -0.4 is 9.47 Å². The molecule has 0 heterocycles. The zero-order valence-corrected chi connectivity index (χ0v) is 14.5. The minimum Gasteiger partial charge on any atom is -0.434 e. The van der Waals surface area contributed by atoms with E-state index in [1.807, 2.05) is 24.3 Å². The van der Waals surface area contributed by atoms with Crippen LogP contribution in [0.4, 0.5) is 9.59 Å². The molecule has 0 bridgehead atoms. The summed E-state index contributed by atoms with van der Waals surface area (Å²) in [6.45, 7) is 3.82. The summed E-state index contributed by atoms with van der Waals surface area (Å²) >= 11 is 0. The van der Waals surface area contributed by atoms with Gasteiger partial charge in [-0.1, -0.05) is 48.5 Å². The number of rotatable bonds is 4. The third-order valence-electron chi connectivity index (χ3n) is 3.73. The van der Waals surface area contributed by atoms with Crippen molar-refractivity contribution in [3.63, 3.8) is 0 Å². The third kappa shape index (κ3) is 3.39. The van der Waals surface area contributed by atoms with Gasteiger partial charge >= 0.3 is 12.3 Å². The van der Waals surface area contributed by atoms with Crippen molar-refractivity contribution in [3.05, 3.63) is 48.5 Å². The molecule has 26 heavy (non-hydrogen) atoms. The zero-order valence-electron chi connectivity index (χ0n) is 14.5. The van der Waals surface area contributed by atoms with E-state index in [1.54, 1.807) is 38.1 Å². The molecule has 0 amide bonds. The molecule has 0 saturated carbocycles. The Morgan fingerprint density at radius 3 is 1.23 bits per heavy atom. The maximum Gasteiger partial charge on any atom is 0.513 e. The average Bonchev–Trinajstić information content (AvgIpc) is 2.65. The number of benzene rings is 3. The van der Waals surface area contributed by atoms with E-state index >= 15 is 0 Å². The molecule has 3 aromatic rings. The summed E-state index contributed by atoms with van der Waals surface area (Å²) in [6.07, 6.45) is -1.58. The molecule has 0 aliphatic carbocycles. The van der Waals surface area contributed by atoms with Gasteiger partial charge in [-0.15, -0.1) is 0 Å². The Bertz CT molecular complexity index is 828. The monoisotopic (exact) mass is 354 g/mol. The minimum absolute atomic E-state index is 0.207. The first-order valence-electron chi connectivity index (χ1n) is 8.28. The van der Waals surface area contributed by atoms with Crippen LogP contribution in [0.2, 0.25) is 0 Å². The Hall–Kier alpha value is -3.28. The highest BCUT2D eigenvalue weighted by Gasteiger charge is 2.20. The van der Waals surface area contributed by atoms with E-state index in [-0.39, 0.29) is 13.2 Å². The Kier molecular flexibility index (Phi) is 5.22. The summed E-state index contributed by atoms with van der Waals surface area (Å²) in [7, 11) is 0. The van der Waals surface area contributed by atoms with Crippen molar-refractivity contribution in [3.8, 4) is 11.5 Å². The lowest BCUT2D eigenvalue weighted by atomic mass is 10.0. The number of hydrogen-bond acceptors (Lipinski definition) is 6. The molecule has 0 radical (unpaired) electrons. The molecule has 0 aliphatic heterocycles. The van der Waals surface area contributed by atoms with Crippen LogP contribution in [0.5, 0.6) is 11.5 Å². The molecule has 0 aromatic heterocycles. The predicted octanol–water partition coefficient (Wildman–Crippen LogP) is 5.06. The molecular formula is C20H18O6. The van der Waals surface area contributed by atoms with Gasteiger partial charge < -0.3 is 18.9 Å². The number of ether oxygens (including phenoxy) is 4. The Balaban J connectivity index is 2.24. The lowest BCUT2D eigenvalue weighted by molar-refractivity contribution is 0.103. The van der Waals surface area contributed by atoms with Gasteiger partial charge in [-0.2, -0.15) is 0 Å². The second-order valence-corrected chi connectivity index (χ2v) is 5.32. The third-order valence-corrected chi connectivity index (χ3v) is 3.73. The molecule has 0 spiro atoms. The largest absolute Gasteiger partial charge is 0.513 e. The van der Waals surface area contributed by atoms with Crippen molar-refractivity contribution < 1.29 is 28.5 Å². The van der Waals surface area contributed by atoms with Crippen LogP contribution in [0.3, 0.4) is 0 Å². The molecule has 3 rings (SSSR count). The summed E-state index contributed by atoms with van der Waals surface area (Å²) in [5.41, 5.74) is 0. The average molecular weight is 354 g/mol. The second kappa shape index (κ2) is 7.74. The van der Waals surface area contributed by atoms with Crippen molar-refractivity contribution in [1.29, 1.82) is 0 Å². The lowest BCUT2D eigenvalue weighted by Gasteiger charge is -2.15. The van der Waals surface area contributed by atoms with Crippen molar-refractivity contribution >= 4 is 33.9 Å². The Morgan fingerprint density at radius 1 is 0.654 bits per heavy atom. The zero-order chi connectivity index (χ0) is 18.5. The predicted molar refractivity (Wildman–Crippen MR) is 96.8 cm³/mol. The van der Waals surface area contributed by atoms with Crippen LogP contribution in [0, 0.1) is 0 Å². The van der Waals surface area contributed by atoms with Crippen LogP contribution >= 0.6 is 0 Å². The molecule has 0 fully saturated rings. The number of carbonyl (C=O) groups excluding carboxylic acids is 2. The Labute approximate surface area is 150 Å². The number of fused-ring (bicyclic) bond motifs is 2. The topological polar surface area (TPSA) is 71.1 Å². The van der Waals surface area contributed by atoms with E-state index in [1.165, 1.54) is 0 Å². The Morgan fingerprint density at radius 2 is 0.962 bits per heavy atom. The van der Waals surface area contributed by atoms with Crippen LogP contribution in [-0.2, 0) is 9.47 Å². The van der Waals surface area contributed by atoms with Crippen LogP contribution in [0.25, 0.3) is 21.5 Å². The molecule has 0 unspecified atom stereocenters. The summed E-state index contributed by atoms with van der Waals surface area (Å²) in [5, 5.41) is 2.49. The first kappa shape index (κ1) is 17.5. The summed E-state index contributed by atoms with van der Waals surface area (Å²) in [6, 6.07) is 14.4. The fraction of sp³-hybridized carbons (Fsp3) is 0.200. The highest BCUT2D eigenvalue weighted by Crippen LogP contribution is 2.42. The molecular weight excluding hydrogens is 336 g/mol. The SMILES string of the molecule is CCOC(=O)Oc1c2ccccc2c(OC(=O)OCC)c2ccccc12. The number of carbonyl (C=O) groups is 2. The van der Waals surface area contributed by atoms with Gasteiger partial charge in [0.2, 0.25) is 0 Å². The van der Waals surface area contributed by atoms with Gasteiger partial charge in [0.1, 0.15) is 11.5 Å². The molecule has 0 aliphatic rings. The number of hydrogen-bond donors (Lipinski definition) is 0. The fourth-order valence-corrected chi connectivity index (χ4v) is 2.73. The normalized spacial score (nSPS) is 10.5. The van der Waals surface area contributed by atoms with E-state index in [9.17, 15) is 9.59 Å². The van der Waals surface area contributed by atoms with E-state index in [0.717, 1.165) is 0 Å². The lowest BCUT2D eigenvalue weighted by Crippen LogP contribution is -2.12. The van der Waals surface area contributed by atoms with Gasteiger partial charge in [0, 0.05) is 21.5 Å². The van der Waals surface area contributed by atoms with Crippen LogP contribution in [0.15, 0.2) is 48.5 Å². The molecule has 6 nitrogen and oxygen atoms in total. The van der Waals surface area contributed by atoms with Crippen molar-refractivity contribution in [1.82, 2.24) is 0 Å². The van der Waals surface area contributed by atoms with Gasteiger partial charge in [-0.3, -0.25) is 0 Å². The first-order valence-corrected chi connectivity index (χ1v) is 8.28. The van der Waals surface area contributed by atoms with Crippen molar-refractivity contribution in [2.24, 2.45) is 0 Å². The van der Waals surface area contributed by atoms with Crippen molar-refractivity contribution in [2.45, 2.75) is 13.8 Å². The summed E-state index contributed by atoms with van der Waals surface area (Å²) in [5.74, 6) is 0.705. The maximum absolute atomic E-state index is 11.9. The molecule has 0 N–H and O–H groups in total. The van der Waals surface area contributed by atoms with Crippen LogP contribution in [0.1, 0.15) is 13.8 Å². The fourth-order valence-electron chi connectivity index (χ4n) is 2.73. The van der Waals surface area contributed by atoms with Crippen molar-refractivity contribution in [2.75, 3.05) is 13.2 Å². The van der Waals surface area contributed by atoms with Gasteiger partial charge in [-0.25, -0.2) is 9.59 Å². The van der Waals surface area contributed by atoms with Crippen LogP contribution in [-0.4, -0.2) is 25.5 Å². The van der Waals surface area contributed by atoms with E-state index in [2.05, 4.69) is 0 Å². The first-order chi connectivity index (χ1) is 12.7. The second-order valence-electron chi connectivity index (χ2n) is 5.32. The standard InChI is InChI=1S/C20H18O6/c1-3-23-19(21)25-17-13-9-5-7-11-15(13)18(26-20(22)24-4-2)16-12-8-6-10-14(16)17/h5-12H,3-4H2,1-2H3. The van der Waals surface area contributed by atoms with Gasteiger partial charge in [-0.05, 0) is 13.8 Å². The van der Waals surface area contributed by atoms with E-state index < -0.39 is 12.3 Å². The highest BCUT2D eigenvalue weighted by atomic mass is 16.7. The molecule has 0 atom stereocenters. The maximum atomic E-state index is 11.9. The smallest absolute Gasteiger partial charge is 0.434 e. The summed E-state index contributed by atoms with van der Waals surface area (Å²) < 4.78 is 20.7. The molecule has 3 aromatic carbocycles. The summed E-state index contributed by atoms with van der Waals surface area (Å²) in [4.78, 5) is 23.8. The quantitative estimate of drug-likeness (QED) is 0.370. The van der Waals surface area contributed by atoms with Gasteiger partial charge in [0.15, 0.2) is 0 Å². The van der Waals surface area contributed by atoms with E-state index in [0.29, 0.717) is 33.0 Å². The molecule has 134 valence electrons. The van der Waals surface area contributed by atoms with Gasteiger partial charge in [0.25, 0.3) is 0 Å². The highest BCUT2D eigenvalue weighted by molar-refractivity contribution is 6.12. The van der Waals surface area contributed by atoms with E-state index in [4.69, 9.17) is 18.9 Å². The molecule has 0 saturated heterocycles.